The third-order valence-electron chi connectivity index (χ3n) is 4.59. The number of nitrogens with zero attached hydrogens (tertiary/aromatic N) is 1. The smallest absolute Gasteiger partial charge is 0.308 e. The summed E-state index contributed by atoms with van der Waals surface area (Å²) in [5.41, 5.74) is 1.18. The van der Waals surface area contributed by atoms with Gasteiger partial charge in [0.15, 0.2) is 11.5 Å². The minimum absolute atomic E-state index is 0.151. The SMILES string of the molecule is COc1cccc([C@@H]2CN(C(=O)c3ccc[nH]3)C[C@H]2C(=O)O)c1OC. The summed E-state index contributed by atoms with van der Waals surface area (Å²) in [6, 6.07) is 8.79. The summed E-state index contributed by atoms with van der Waals surface area (Å²) in [4.78, 5) is 28.8. The lowest BCUT2D eigenvalue weighted by atomic mass is 9.88. The molecule has 1 amide bonds. The molecule has 0 radical (unpaired) electrons. The predicted molar refractivity (Wildman–Crippen MR) is 90.1 cm³/mol. The van der Waals surface area contributed by atoms with Crippen LogP contribution in [0.15, 0.2) is 36.5 Å². The maximum absolute atomic E-state index is 12.6. The average molecular weight is 344 g/mol. The molecular formula is C18H20N2O5. The van der Waals surface area contributed by atoms with E-state index in [1.54, 1.807) is 35.4 Å². The van der Waals surface area contributed by atoms with E-state index in [1.807, 2.05) is 6.07 Å². The third-order valence-corrected chi connectivity index (χ3v) is 4.59. The highest BCUT2D eigenvalue weighted by molar-refractivity contribution is 5.93. The number of carbonyl (C=O) groups is 2. The molecule has 132 valence electrons. The van der Waals surface area contributed by atoms with Crippen molar-refractivity contribution < 1.29 is 24.2 Å². The first-order chi connectivity index (χ1) is 12.1. The number of aromatic nitrogens is 1. The fourth-order valence-electron chi connectivity index (χ4n) is 3.37. The quantitative estimate of drug-likeness (QED) is 0.865. The molecule has 25 heavy (non-hydrogen) atoms. The third kappa shape index (κ3) is 3.05. The number of aromatic amines is 1. The van der Waals surface area contributed by atoms with Crippen LogP contribution in [-0.4, -0.2) is 54.2 Å². The fourth-order valence-corrected chi connectivity index (χ4v) is 3.37. The molecule has 3 rings (SSSR count). The number of aliphatic carboxylic acids is 1. The molecule has 1 saturated heterocycles. The van der Waals surface area contributed by atoms with Crippen LogP contribution < -0.4 is 9.47 Å². The van der Waals surface area contributed by atoms with Gasteiger partial charge >= 0.3 is 5.97 Å². The van der Waals surface area contributed by atoms with Gasteiger partial charge in [-0.25, -0.2) is 0 Å². The van der Waals surface area contributed by atoms with E-state index in [9.17, 15) is 14.7 Å². The van der Waals surface area contributed by atoms with Crippen LogP contribution in [0.1, 0.15) is 22.0 Å². The van der Waals surface area contributed by atoms with Gasteiger partial charge in [0.05, 0.1) is 20.1 Å². The van der Waals surface area contributed by atoms with Crippen molar-refractivity contribution in [2.45, 2.75) is 5.92 Å². The zero-order valence-electron chi connectivity index (χ0n) is 14.1. The van der Waals surface area contributed by atoms with Crippen molar-refractivity contribution in [3.63, 3.8) is 0 Å². The Morgan fingerprint density at radius 2 is 1.96 bits per heavy atom. The van der Waals surface area contributed by atoms with E-state index in [1.165, 1.54) is 14.2 Å². The largest absolute Gasteiger partial charge is 0.493 e. The van der Waals surface area contributed by atoms with Crippen LogP contribution in [0.3, 0.4) is 0 Å². The van der Waals surface area contributed by atoms with Gasteiger partial charge < -0.3 is 24.5 Å². The highest BCUT2D eigenvalue weighted by Crippen LogP contribution is 2.42. The molecule has 2 atom stereocenters. The molecule has 0 saturated carbocycles. The van der Waals surface area contributed by atoms with Crippen molar-refractivity contribution in [1.82, 2.24) is 9.88 Å². The summed E-state index contributed by atoms with van der Waals surface area (Å²) < 4.78 is 10.8. The normalized spacial score (nSPS) is 19.7. The summed E-state index contributed by atoms with van der Waals surface area (Å²) in [5, 5.41) is 9.65. The summed E-state index contributed by atoms with van der Waals surface area (Å²) in [6.07, 6.45) is 1.67. The van der Waals surface area contributed by atoms with E-state index < -0.39 is 11.9 Å². The number of benzene rings is 1. The van der Waals surface area contributed by atoms with Gasteiger partial charge in [-0.3, -0.25) is 9.59 Å². The number of para-hydroxylation sites is 1. The second kappa shape index (κ2) is 6.88. The number of rotatable bonds is 5. The molecular weight excluding hydrogens is 324 g/mol. The number of likely N-dealkylation sites (tertiary alicyclic amines) is 1. The molecule has 1 aromatic carbocycles. The summed E-state index contributed by atoms with van der Waals surface area (Å²) in [7, 11) is 3.06. The minimum atomic E-state index is -0.934. The van der Waals surface area contributed by atoms with Crippen molar-refractivity contribution in [1.29, 1.82) is 0 Å². The van der Waals surface area contributed by atoms with E-state index in [4.69, 9.17) is 9.47 Å². The van der Waals surface area contributed by atoms with Crippen LogP contribution in [0.25, 0.3) is 0 Å². The van der Waals surface area contributed by atoms with Crippen LogP contribution in [0.5, 0.6) is 11.5 Å². The van der Waals surface area contributed by atoms with Crippen molar-refractivity contribution in [2.24, 2.45) is 5.92 Å². The summed E-state index contributed by atoms with van der Waals surface area (Å²) in [6.45, 7) is 0.455. The molecule has 0 unspecified atom stereocenters. The maximum atomic E-state index is 12.6. The summed E-state index contributed by atoms with van der Waals surface area (Å²) in [5.74, 6) is -1.17. The molecule has 0 aliphatic carbocycles. The first-order valence-electron chi connectivity index (χ1n) is 7.93. The van der Waals surface area contributed by atoms with Gasteiger partial charge in [-0.05, 0) is 18.2 Å². The topological polar surface area (TPSA) is 91.9 Å². The van der Waals surface area contributed by atoms with E-state index in [-0.39, 0.29) is 18.4 Å². The monoisotopic (exact) mass is 344 g/mol. The van der Waals surface area contributed by atoms with Gasteiger partial charge in [0.2, 0.25) is 0 Å². The number of amides is 1. The average Bonchev–Trinajstić information content (AvgIpc) is 3.30. The molecule has 0 spiro atoms. The number of ether oxygens (including phenoxy) is 2. The second-order valence-corrected chi connectivity index (χ2v) is 5.93. The van der Waals surface area contributed by atoms with E-state index in [0.717, 1.165) is 5.56 Å². The fraction of sp³-hybridized carbons (Fsp3) is 0.333. The molecule has 2 N–H and O–H groups in total. The van der Waals surface area contributed by atoms with Gasteiger partial charge in [-0.1, -0.05) is 12.1 Å². The number of carboxylic acid groups (broad SMARTS) is 1. The first kappa shape index (κ1) is 16.9. The Hall–Kier alpha value is -2.96. The maximum Gasteiger partial charge on any atom is 0.308 e. The Morgan fingerprint density at radius 1 is 1.16 bits per heavy atom. The van der Waals surface area contributed by atoms with Crippen molar-refractivity contribution in [3.8, 4) is 11.5 Å². The number of carboxylic acids is 1. The molecule has 7 nitrogen and oxygen atoms in total. The Kier molecular flexibility index (Phi) is 4.65. The van der Waals surface area contributed by atoms with Crippen molar-refractivity contribution >= 4 is 11.9 Å². The Labute approximate surface area is 145 Å². The van der Waals surface area contributed by atoms with Crippen LogP contribution in [0.4, 0.5) is 0 Å². The highest BCUT2D eigenvalue weighted by Gasteiger charge is 2.42. The van der Waals surface area contributed by atoms with Gasteiger partial charge in [0.25, 0.3) is 5.91 Å². The molecule has 2 heterocycles. The molecule has 7 heteroatoms. The molecule has 1 aromatic heterocycles. The van der Waals surface area contributed by atoms with E-state index >= 15 is 0 Å². The number of nitrogens with one attached hydrogen (secondary N) is 1. The van der Waals surface area contributed by atoms with E-state index in [0.29, 0.717) is 23.7 Å². The predicted octanol–water partition coefficient (Wildman–Crippen LogP) is 1.97. The Balaban J connectivity index is 1.95. The summed E-state index contributed by atoms with van der Waals surface area (Å²) >= 11 is 0. The van der Waals surface area contributed by atoms with Gasteiger partial charge in [-0.15, -0.1) is 0 Å². The standard InChI is InChI=1S/C18H20N2O5/c1-24-15-7-3-5-11(16(15)25-2)12-9-20(10-13(12)18(22)23)17(21)14-6-4-8-19-14/h3-8,12-13,19H,9-10H2,1-2H3,(H,22,23)/t12-,13+/m0/s1. The Bertz CT molecular complexity index is 772. The molecule has 0 bridgehead atoms. The molecule has 1 aliphatic heterocycles. The zero-order chi connectivity index (χ0) is 18.0. The number of carbonyl (C=O) groups excluding carboxylic acids is 1. The number of methoxy groups -OCH3 is 2. The minimum Gasteiger partial charge on any atom is -0.493 e. The highest BCUT2D eigenvalue weighted by atomic mass is 16.5. The first-order valence-corrected chi connectivity index (χ1v) is 7.93. The number of H-pyrrole nitrogens is 1. The number of hydrogen-bond donors (Lipinski definition) is 2. The lowest BCUT2D eigenvalue weighted by Gasteiger charge is -2.20. The van der Waals surface area contributed by atoms with Gasteiger partial charge in [-0.2, -0.15) is 0 Å². The molecule has 1 aliphatic rings. The zero-order valence-corrected chi connectivity index (χ0v) is 14.1. The van der Waals surface area contributed by atoms with Crippen molar-refractivity contribution in [3.05, 3.63) is 47.8 Å². The van der Waals surface area contributed by atoms with Crippen molar-refractivity contribution in [2.75, 3.05) is 27.3 Å². The van der Waals surface area contributed by atoms with Gasteiger partial charge in [0, 0.05) is 30.8 Å². The van der Waals surface area contributed by atoms with Crippen LogP contribution in [0.2, 0.25) is 0 Å². The van der Waals surface area contributed by atoms with Crippen LogP contribution >= 0.6 is 0 Å². The Morgan fingerprint density at radius 3 is 2.56 bits per heavy atom. The van der Waals surface area contributed by atoms with E-state index in [2.05, 4.69) is 4.98 Å². The van der Waals surface area contributed by atoms with Crippen LogP contribution in [-0.2, 0) is 4.79 Å². The van der Waals surface area contributed by atoms with Crippen LogP contribution in [0, 0.1) is 5.92 Å². The second-order valence-electron chi connectivity index (χ2n) is 5.93. The lowest BCUT2D eigenvalue weighted by molar-refractivity contribution is -0.141. The molecule has 1 fully saturated rings. The van der Waals surface area contributed by atoms with Gasteiger partial charge in [0.1, 0.15) is 5.69 Å². The molecule has 2 aromatic rings. The number of hydrogen-bond acceptors (Lipinski definition) is 4. The lowest BCUT2D eigenvalue weighted by Crippen LogP contribution is -2.30.